The Morgan fingerprint density at radius 1 is 1.47 bits per heavy atom. The van der Waals surface area contributed by atoms with Gasteiger partial charge < -0.3 is 15.0 Å². The summed E-state index contributed by atoms with van der Waals surface area (Å²) in [6.45, 7) is 2.77. The van der Waals surface area contributed by atoms with Crippen molar-refractivity contribution in [2.45, 2.75) is 25.8 Å². The van der Waals surface area contributed by atoms with E-state index in [2.05, 4.69) is 26.9 Å². The second-order valence-corrected chi connectivity index (χ2v) is 4.98. The van der Waals surface area contributed by atoms with Crippen molar-refractivity contribution in [3.63, 3.8) is 0 Å². The Hall–Kier alpha value is -2.18. The molecule has 1 aliphatic rings. The number of carboxylic acid groups (broad SMARTS) is 1. The van der Waals surface area contributed by atoms with Crippen LogP contribution < -0.4 is 4.90 Å². The minimum atomic E-state index is -0.808. The quantitative estimate of drug-likeness (QED) is 0.838. The molecule has 3 heterocycles. The van der Waals surface area contributed by atoms with E-state index in [4.69, 9.17) is 0 Å². The van der Waals surface area contributed by atoms with Crippen molar-refractivity contribution in [3.8, 4) is 0 Å². The van der Waals surface area contributed by atoms with Gasteiger partial charge in [0.2, 0.25) is 0 Å². The van der Waals surface area contributed by atoms with Crippen LogP contribution in [0.3, 0.4) is 0 Å². The molecule has 0 saturated carbocycles. The lowest BCUT2D eigenvalue weighted by molar-refractivity contribution is -0.139. The van der Waals surface area contributed by atoms with Crippen LogP contribution in [0.5, 0.6) is 0 Å². The van der Waals surface area contributed by atoms with Crippen molar-refractivity contribution in [3.05, 3.63) is 12.7 Å². The summed E-state index contributed by atoms with van der Waals surface area (Å²) in [5, 5.41) is 9.40. The summed E-state index contributed by atoms with van der Waals surface area (Å²) >= 11 is 0. The number of aromatic amines is 1. The first-order valence-electron chi connectivity index (χ1n) is 6.30. The molecule has 0 radical (unpaired) electrons. The van der Waals surface area contributed by atoms with Gasteiger partial charge in [-0.3, -0.25) is 0 Å². The Kier molecular flexibility index (Phi) is 2.81. The number of nitrogens with zero attached hydrogens (tertiary/aromatic N) is 4. The Morgan fingerprint density at radius 3 is 3.11 bits per heavy atom. The highest BCUT2D eigenvalue weighted by molar-refractivity contribution is 5.86. The molecular weight excluding hydrogens is 246 g/mol. The van der Waals surface area contributed by atoms with Crippen LogP contribution in [0.25, 0.3) is 11.2 Å². The molecule has 7 nitrogen and oxygen atoms in total. The number of aliphatic carboxylic acids is 1. The lowest BCUT2D eigenvalue weighted by atomic mass is 9.92. The number of H-pyrrole nitrogens is 1. The maximum Gasteiger partial charge on any atom is 0.326 e. The third-order valence-electron chi connectivity index (χ3n) is 3.62. The Labute approximate surface area is 109 Å². The molecule has 19 heavy (non-hydrogen) atoms. The van der Waals surface area contributed by atoms with Gasteiger partial charge >= 0.3 is 5.97 Å². The average Bonchev–Trinajstić information content (AvgIpc) is 2.86. The standard InChI is InChI=1S/C12H15N5O2/c1-7-2-3-17(8(4-7)12(18)19)11-9-10(14-5-13-9)15-6-16-11/h5-8H,2-4H2,1H3,(H,18,19)(H,13,14,15,16). The fraction of sp³-hybridized carbons (Fsp3) is 0.500. The van der Waals surface area contributed by atoms with E-state index in [1.807, 2.05) is 4.90 Å². The van der Waals surface area contributed by atoms with E-state index in [9.17, 15) is 9.90 Å². The minimum absolute atomic E-state index is 0.413. The van der Waals surface area contributed by atoms with Gasteiger partial charge in [-0.05, 0) is 18.8 Å². The van der Waals surface area contributed by atoms with E-state index in [0.717, 1.165) is 6.42 Å². The summed E-state index contributed by atoms with van der Waals surface area (Å²) in [5.41, 5.74) is 1.26. The molecule has 0 aromatic carbocycles. The molecule has 2 N–H and O–H groups in total. The Bertz CT molecular complexity index is 611. The highest BCUT2D eigenvalue weighted by Gasteiger charge is 2.33. The number of aromatic nitrogens is 4. The zero-order valence-electron chi connectivity index (χ0n) is 10.6. The first kappa shape index (κ1) is 11.9. The van der Waals surface area contributed by atoms with Crippen molar-refractivity contribution < 1.29 is 9.90 Å². The first-order valence-corrected chi connectivity index (χ1v) is 6.30. The minimum Gasteiger partial charge on any atom is -0.480 e. The molecule has 0 spiro atoms. The molecule has 2 unspecified atom stereocenters. The molecule has 0 aliphatic carbocycles. The van der Waals surface area contributed by atoms with Gasteiger partial charge in [-0.15, -0.1) is 0 Å². The number of carboxylic acids is 1. The maximum absolute atomic E-state index is 11.4. The van der Waals surface area contributed by atoms with Crippen molar-refractivity contribution in [1.82, 2.24) is 19.9 Å². The summed E-state index contributed by atoms with van der Waals surface area (Å²) < 4.78 is 0. The van der Waals surface area contributed by atoms with Gasteiger partial charge in [-0.25, -0.2) is 19.7 Å². The number of fused-ring (bicyclic) bond motifs is 1. The fourth-order valence-electron chi connectivity index (χ4n) is 2.60. The highest BCUT2D eigenvalue weighted by Crippen LogP contribution is 2.29. The number of carbonyl (C=O) groups is 1. The molecule has 100 valence electrons. The fourth-order valence-corrected chi connectivity index (χ4v) is 2.60. The van der Waals surface area contributed by atoms with Crippen LogP contribution in [0.15, 0.2) is 12.7 Å². The monoisotopic (exact) mass is 261 g/mol. The predicted molar refractivity (Wildman–Crippen MR) is 68.9 cm³/mol. The Balaban J connectivity index is 2.04. The second-order valence-electron chi connectivity index (χ2n) is 4.98. The number of nitrogens with one attached hydrogen (secondary N) is 1. The molecule has 1 aliphatic heterocycles. The summed E-state index contributed by atoms with van der Waals surface area (Å²) in [6, 6.07) is -0.537. The molecule has 1 saturated heterocycles. The van der Waals surface area contributed by atoms with Gasteiger partial charge in [-0.1, -0.05) is 6.92 Å². The summed E-state index contributed by atoms with van der Waals surface area (Å²) in [7, 11) is 0. The molecular formula is C12H15N5O2. The molecule has 2 atom stereocenters. The van der Waals surface area contributed by atoms with E-state index in [-0.39, 0.29) is 0 Å². The third-order valence-corrected chi connectivity index (χ3v) is 3.62. The van der Waals surface area contributed by atoms with E-state index >= 15 is 0 Å². The number of hydrogen-bond acceptors (Lipinski definition) is 5. The number of hydrogen-bond donors (Lipinski definition) is 2. The number of imidazole rings is 1. The topological polar surface area (TPSA) is 95.0 Å². The van der Waals surface area contributed by atoms with Gasteiger partial charge in [0.15, 0.2) is 11.5 Å². The smallest absolute Gasteiger partial charge is 0.326 e. The molecule has 2 aromatic heterocycles. The van der Waals surface area contributed by atoms with Crippen LogP contribution in [0.4, 0.5) is 5.82 Å². The second kappa shape index (κ2) is 4.49. The number of rotatable bonds is 2. The van der Waals surface area contributed by atoms with E-state index < -0.39 is 12.0 Å². The molecule has 1 fully saturated rings. The summed E-state index contributed by atoms with van der Waals surface area (Å²) in [4.78, 5) is 28.6. The van der Waals surface area contributed by atoms with E-state index in [1.54, 1.807) is 6.33 Å². The van der Waals surface area contributed by atoms with Gasteiger partial charge in [-0.2, -0.15) is 0 Å². The molecule has 0 bridgehead atoms. The SMILES string of the molecule is CC1CCN(c2ncnc3nc[nH]c23)C(C(=O)O)C1. The van der Waals surface area contributed by atoms with Crippen molar-refractivity contribution >= 4 is 23.0 Å². The van der Waals surface area contributed by atoms with Gasteiger partial charge in [0, 0.05) is 6.54 Å². The highest BCUT2D eigenvalue weighted by atomic mass is 16.4. The van der Waals surface area contributed by atoms with Crippen molar-refractivity contribution in [2.75, 3.05) is 11.4 Å². The normalized spacial score (nSPS) is 23.7. The lowest BCUT2D eigenvalue weighted by Crippen LogP contribution is -2.47. The van der Waals surface area contributed by atoms with Crippen LogP contribution in [-0.2, 0) is 4.79 Å². The predicted octanol–water partition coefficient (Wildman–Crippen LogP) is 1.04. The van der Waals surface area contributed by atoms with Crippen molar-refractivity contribution in [1.29, 1.82) is 0 Å². The molecule has 3 rings (SSSR count). The van der Waals surface area contributed by atoms with Crippen LogP contribution >= 0.6 is 0 Å². The molecule has 7 heteroatoms. The largest absolute Gasteiger partial charge is 0.480 e. The van der Waals surface area contributed by atoms with Crippen LogP contribution in [0.1, 0.15) is 19.8 Å². The third kappa shape index (κ3) is 2.00. The van der Waals surface area contributed by atoms with Crippen molar-refractivity contribution in [2.24, 2.45) is 5.92 Å². The van der Waals surface area contributed by atoms with Crippen LogP contribution in [0.2, 0.25) is 0 Å². The van der Waals surface area contributed by atoms with E-state index in [0.29, 0.717) is 35.9 Å². The average molecular weight is 261 g/mol. The molecule has 2 aromatic rings. The van der Waals surface area contributed by atoms with Gasteiger partial charge in [0.25, 0.3) is 0 Å². The summed E-state index contributed by atoms with van der Waals surface area (Å²) in [6.07, 6.45) is 4.57. The Morgan fingerprint density at radius 2 is 2.32 bits per heavy atom. The van der Waals surface area contributed by atoms with Gasteiger partial charge in [0.05, 0.1) is 6.33 Å². The zero-order chi connectivity index (χ0) is 13.4. The van der Waals surface area contributed by atoms with E-state index in [1.165, 1.54) is 6.33 Å². The summed E-state index contributed by atoms with van der Waals surface area (Å²) in [5.74, 6) is 0.232. The zero-order valence-corrected chi connectivity index (χ0v) is 10.6. The maximum atomic E-state index is 11.4. The van der Waals surface area contributed by atoms with Gasteiger partial charge in [0.1, 0.15) is 17.9 Å². The first-order chi connectivity index (χ1) is 9.16. The van der Waals surface area contributed by atoms with Crippen LogP contribution in [0, 0.1) is 5.92 Å². The lowest BCUT2D eigenvalue weighted by Gasteiger charge is -2.36. The number of piperidine rings is 1. The number of anilines is 1. The molecule has 0 amide bonds. The van der Waals surface area contributed by atoms with Crippen LogP contribution in [-0.4, -0.2) is 43.6 Å².